The van der Waals surface area contributed by atoms with Crippen molar-refractivity contribution < 1.29 is 9.84 Å². The second-order valence-electron chi connectivity index (χ2n) is 6.29. The van der Waals surface area contributed by atoms with Crippen LogP contribution in [0.5, 0.6) is 0 Å². The predicted molar refractivity (Wildman–Crippen MR) is 79.4 cm³/mol. The Morgan fingerprint density at radius 3 is 2.70 bits per heavy atom. The molecule has 2 fully saturated rings. The van der Waals surface area contributed by atoms with Crippen molar-refractivity contribution in [3.05, 3.63) is 35.9 Å². The number of hydrogen-bond donors (Lipinski definition) is 1. The lowest BCUT2D eigenvalue weighted by atomic mass is 9.76. The topological polar surface area (TPSA) is 32.7 Å². The van der Waals surface area contributed by atoms with E-state index in [2.05, 4.69) is 35.2 Å². The fraction of sp³-hybridized carbons (Fsp3) is 0.647. The maximum absolute atomic E-state index is 11.0. The third-order valence-electron chi connectivity index (χ3n) is 4.81. The minimum absolute atomic E-state index is 0.412. The molecule has 110 valence electrons. The molecule has 0 radical (unpaired) electrons. The van der Waals surface area contributed by atoms with Crippen LogP contribution in [-0.4, -0.2) is 41.9 Å². The van der Waals surface area contributed by atoms with Crippen molar-refractivity contribution in [2.75, 3.05) is 26.3 Å². The zero-order chi connectivity index (χ0) is 13.8. The predicted octanol–water partition coefficient (Wildman–Crippen LogP) is 2.44. The van der Waals surface area contributed by atoms with Gasteiger partial charge >= 0.3 is 0 Å². The summed E-state index contributed by atoms with van der Waals surface area (Å²) >= 11 is 0. The van der Waals surface area contributed by atoms with Gasteiger partial charge in [0.15, 0.2) is 0 Å². The van der Waals surface area contributed by atoms with E-state index in [0.29, 0.717) is 5.92 Å². The van der Waals surface area contributed by atoms with Crippen molar-refractivity contribution in [3.8, 4) is 0 Å². The molecule has 0 amide bonds. The van der Waals surface area contributed by atoms with Gasteiger partial charge in [-0.2, -0.15) is 0 Å². The van der Waals surface area contributed by atoms with E-state index in [9.17, 15) is 5.11 Å². The molecular formula is C17H25NO2. The zero-order valence-electron chi connectivity index (χ0n) is 12.1. The number of β-amino-alcohol motifs (C(OH)–C–C–N with tert-alkyl or cyclic N) is 1. The number of piperidine rings is 1. The van der Waals surface area contributed by atoms with Gasteiger partial charge < -0.3 is 9.84 Å². The fourth-order valence-electron chi connectivity index (χ4n) is 3.70. The van der Waals surface area contributed by atoms with Crippen LogP contribution in [0.25, 0.3) is 0 Å². The van der Waals surface area contributed by atoms with Gasteiger partial charge in [-0.05, 0) is 43.7 Å². The Morgan fingerprint density at radius 2 is 1.95 bits per heavy atom. The van der Waals surface area contributed by atoms with Gasteiger partial charge in [0.1, 0.15) is 0 Å². The van der Waals surface area contributed by atoms with Crippen LogP contribution >= 0.6 is 0 Å². The van der Waals surface area contributed by atoms with Crippen LogP contribution in [-0.2, 0) is 11.3 Å². The zero-order valence-corrected chi connectivity index (χ0v) is 12.1. The summed E-state index contributed by atoms with van der Waals surface area (Å²) in [7, 11) is 0. The monoisotopic (exact) mass is 275 g/mol. The first-order valence-electron chi connectivity index (χ1n) is 7.83. The summed E-state index contributed by atoms with van der Waals surface area (Å²) in [6.07, 6.45) is 4.06. The number of aliphatic hydroxyl groups is 1. The van der Waals surface area contributed by atoms with Gasteiger partial charge in [0, 0.05) is 26.3 Å². The Labute approximate surface area is 121 Å². The van der Waals surface area contributed by atoms with Gasteiger partial charge in [-0.15, -0.1) is 0 Å². The Hall–Kier alpha value is -0.900. The normalized spacial score (nSPS) is 29.4. The number of rotatable bonds is 3. The van der Waals surface area contributed by atoms with Crippen LogP contribution in [0, 0.1) is 5.92 Å². The van der Waals surface area contributed by atoms with Crippen LogP contribution in [0.2, 0.25) is 0 Å². The lowest BCUT2D eigenvalue weighted by molar-refractivity contribution is -0.105. The number of likely N-dealkylation sites (tertiary alicyclic amines) is 1. The second kappa shape index (κ2) is 6.25. The molecule has 0 bridgehead atoms. The van der Waals surface area contributed by atoms with Crippen LogP contribution in [0.15, 0.2) is 30.3 Å². The smallest absolute Gasteiger partial charge is 0.0804 e. The van der Waals surface area contributed by atoms with Crippen molar-refractivity contribution in [1.29, 1.82) is 0 Å². The second-order valence-corrected chi connectivity index (χ2v) is 6.29. The molecule has 0 saturated carbocycles. The Balaban J connectivity index is 1.63. The van der Waals surface area contributed by atoms with E-state index in [-0.39, 0.29) is 0 Å². The number of hydrogen-bond acceptors (Lipinski definition) is 3. The van der Waals surface area contributed by atoms with E-state index in [1.807, 2.05) is 0 Å². The van der Waals surface area contributed by atoms with Crippen LogP contribution in [0.1, 0.15) is 31.2 Å². The van der Waals surface area contributed by atoms with Crippen molar-refractivity contribution >= 4 is 0 Å². The van der Waals surface area contributed by atoms with Crippen LogP contribution < -0.4 is 0 Å². The Bertz CT molecular complexity index is 416. The largest absolute Gasteiger partial charge is 0.388 e. The average Bonchev–Trinajstić information content (AvgIpc) is 2.49. The summed E-state index contributed by atoms with van der Waals surface area (Å²) < 4.78 is 5.43. The first-order valence-corrected chi connectivity index (χ1v) is 7.83. The van der Waals surface area contributed by atoms with E-state index in [4.69, 9.17) is 4.74 Å². The highest BCUT2D eigenvalue weighted by Crippen LogP contribution is 2.35. The minimum atomic E-state index is -0.503. The van der Waals surface area contributed by atoms with E-state index in [1.165, 1.54) is 5.56 Å². The summed E-state index contributed by atoms with van der Waals surface area (Å²) in [5.41, 5.74) is 0.834. The molecule has 3 rings (SSSR count). The molecule has 3 heteroatoms. The molecule has 0 spiro atoms. The summed E-state index contributed by atoms with van der Waals surface area (Å²) in [5, 5.41) is 11.0. The molecular weight excluding hydrogens is 250 g/mol. The molecule has 1 N–H and O–H groups in total. The number of ether oxygens (including phenoxy) is 1. The molecule has 1 aromatic rings. The first-order chi connectivity index (χ1) is 9.76. The van der Waals surface area contributed by atoms with Gasteiger partial charge in [0.2, 0.25) is 0 Å². The van der Waals surface area contributed by atoms with Crippen LogP contribution in [0.3, 0.4) is 0 Å². The first kappa shape index (κ1) is 14.1. The molecule has 2 heterocycles. The lowest BCUT2D eigenvalue weighted by Crippen LogP contribution is -2.53. The third-order valence-corrected chi connectivity index (χ3v) is 4.81. The average molecular weight is 275 g/mol. The maximum Gasteiger partial charge on any atom is 0.0804 e. The van der Waals surface area contributed by atoms with E-state index in [1.54, 1.807) is 0 Å². The molecule has 2 saturated heterocycles. The van der Waals surface area contributed by atoms with Gasteiger partial charge in [-0.3, -0.25) is 4.90 Å². The molecule has 2 aliphatic rings. The Morgan fingerprint density at radius 1 is 1.20 bits per heavy atom. The molecule has 3 nitrogen and oxygen atoms in total. The van der Waals surface area contributed by atoms with Gasteiger partial charge in [-0.1, -0.05) is 30.3 Å². The molecule has 20 heavy (non-hydrogen) atoms. The van der Waals surface area contributed by atoms with Crippen LogP contribution in [0.4, 0.5) is 0 Å². The molecule has 0 aromatic heterocycles. The van der Waals surface area contributed by atoms with E-state index >= 15 is 0 Å². The highest BCUT2D eigenvalue weighted by molar-refractivity contribution is 5.14. The van der Waals surface area contributed by atoms with Crippen molar-refractivity contribution in [2.45, 2.75) is 37.8 Å². The highest BCUT2D eigenvalue weighted by Gasteiger charge is 2.40. The molecule has 1 aromatic carbocycles. The summed E-state index contributed by atoms with van der Waals surface area (Å²) in [5.74, 6) is 0.412. The molecule has 0 aliphatic carbocycles. The molecule has 1 atom stereocenters. The van der Waals surface area contributed by atoms with E-state index < -0.39 is 5.60 Å². The van der Waals surface area contributed by atoms with Crippen molar-refractivity contribution in [1.82, 2.24) is 4.90 Å². The van der Waals surface area contributed by atoms with Crippen molar-refractivity contribution in [2.24, 2.45) is 5.92 Å². The summed E-state index contributed by atoms with van der Waals surface area (Å²) in [6.45, 7) is 4.48. The summed E-state index contributed by atoms with van der Waals surface area (Å²) in [4.78, 5) is 2.41. The van der Waals surface area contributed by atoms with Gasteiger partial charge in [-0.25, -0.2) is 0 Å². The highest BCUT2D eigenvalue weighted by atomic mass is 16.5. The standard InChI is InChI=1S/C17H25NO2/c19-17(16-7-11-20-12-8-16)9-4-10-18(14-17)13-15-5-2-1-3-6-15/h1-3,5-6,16,19H,4,7-14H2. The minimum Gasteiger partial charge on any atom is -0.388 e. The van der Waals surface area contributed by atoms with Crippen molar-refractivity contribution in [3.63, 3.8) is 0 Å². The maximum atomic E-state index is 11.0. The summed E-state index contributed by atoms with van der Waals surface area (Å²) in [6, 6.07) is 10.6. The number of nitrogens with zero attached hydrogens (tertiary/aromatic N) is 1. The van der Waals surface area contributed by atoms with Gasteiger partial charge in [0.25, 0.3) is 0 Å². The molecule has 2 aliphatic heterocycles. The lowest BCUT2D eigenvalue weighted by Gasteiger charge is -2.45. The number of benzene rings is 1. The van der Waals surface area contributed by atoms with E-state index in [0.717, 1.165) is 58.5 Å². The van der Waals surface area contributed by atoms with Gasteiger partial charge in [0.05, 0.1) is 5.60 Å². The fourth-order valence-corrected chi connectivity index (χ4v) is 3.70. The molecule has 1 unspecified atom stereocenters. The SMILES string of the molecule is OC1(C2CCOCC2)CCCN(Cc2ccccc2)C1. The Kier molecular flexibility index (Phi) is 4.39. The quantitative estimate of drug-likeness (QED) is 0.919. The third kappa shape index (κ3) is 3.22.